The van der Waals surface area contributed by atoms with Gasteiger partial charge < -0.3 is 25.5 Å². The highest BCUT2D eigenvalue weighted by molar-refractivity contribution is 7.14. The van der Waals surface area contributed by atoms with Crippen molar-refractivity contribution in [3.8, 4) is 6.07 Å². The van der Waals surface area contributed by atoms with Crippen molar-refractivity contribution >= 4 is 63.2 Å². The number of carbonyl (C=O) groups is 4. The summed E-state index contributed by atoms with van der Waals surface area (Å²) in [6.07, 6.45) is -0.0431. The zero-order valence-corrected chi connectivity index (χ0v) is 22.6. The molecule has 3 rings (SSSR count). The Kier molecular flexibility index (Phi) is 9.69. The van der Waals surface area contributed by atoms with Gasteiger partial charge in [-0.3, -0.25) is 24.5 Å². The number of esters is 1. The molecule has 1 saturated heterocycles. The number of benzene rings is 1. The van der Waals surface area contributed by atoms with E-state index in [0.29, 0.717) is 5.56 Å². The minimum absolute atomic E-state index is 0.0426. The minimum Gasteiger partial charge on any atom is -0.458 e. The molecule has 0 bridgehead atoms. The molecule has 3 amide bonds. The highest BCUT2D eigenvalue weighted by Gasteiger charge is 2.41. The number of oxime groups is 1. The summed E-state index contributed by atoms with van der Waals surface area (Å²) in [5, 5.41) is 32.4. The molecule has 15 nitrogen and oxygen atoms in total. The fraction of sp³-hybridized carbons (Fsp3) is 0.348. The monoisotopic (exact) mass is 591 g/mol. The van der Waals surface area contributed by atoms with Crippen molar-refractivity contribution < 1.29 is 33.7 Å². The summed E-state index contributed by atoms with van der Waals surface area (Å²) in [7, 11) is 0. The van der Waals surface area contributed by atoms with Gasteiger partial charge in [0.05, 0.1) is 23.5 Å². The number of nitrogens with zero attached hydrogens (tertiary/aromatic N) is 4. The van der Waals surface area contributed by atoms with Crippen LogP contribution in [0.1, 0.15) is 31.5 Å². The van der Waals surface area contributed by atoms with Crippen LogP contribution < -0.4 is 16.0 Å². The molecule has 0 aliphatic carbocycles. The molecule has 1 fully saturated rings. The largest absolute Gasteiger partial charge is 0.458 e. The lowest BCUT2D eigenvalue weighted by Gasteiger charge is -2.35. The Bertz CT molecular complexity index is 1390. The van der Waals surface area contributed by atoms with Crippen molar-refractivity contribution in [3.63, 3.8) is 0 Å². The van der Waals surface area contributed by atoms with Gasteiger partial charge in [0.25, 0.3) is 11.6 Å². The van der Waals surface area contributed by atoms with Gasteiger partial charge >= 0.3 is 5.97 Å². The van der Waals surface area contributed by atoms with Gasteiger partial charge in [0.2, 0.25) is 17.4 Å². The minimum atomic E-state index is -1.71. The quantitative estimate of drug-likeness (QED) is 0.0804. The van der Waals surface area contributed by atoms with E-state index >= 15 is 0 Å². The number of halogens is 1. The van der Waals surface area contributed by atoms with Crippen LogP contribution >= 0.6 is 22.9 Å². The Balaban J connectivity index is 1.76. The van der Waals surface area contributed by atoms with Crippen LogP contribution in [0.2, 0.25) is 0 Å². The van der Waals surface area contributed by atoms with Crippen LogP contribution in [0.3, 0.4) is 0 Å². The number of β-lactam (4-membered cyclic amide) rings is 1. The Hall–Kier alpha value is -4.62. The molecule has 2 aromatic rings. The van der Waals surface area contributed by atoms with Gasteiger partial charge in [0.15, 0.2) is 10.8 Å². The summed E-state index contributed by atoms with van der Waals surface area (Å²) in [5.74, 6) is -3.12. The maximum absolute atomic E-state index is 13.1. The van der Waals surface area contributed by atoms with Gasteiger partial charge in [-0.25, -0.2) is 9.78 Å². The fourth-order valence-electron chi connectivity index (χ4n) is 3.12. The third-order valence-corrected chi connectivity index (χ3v) is 6.31. The lowest BCUT2D eigenvalue weighted by Crippen LogP contribution is -2.69. The van der Waals surface area contributed by atoms with E-state index in [4.69, 9.17) is 26.4 Å². The fourth-order valence-corrected chi connectivity index (χ4v) is 3.89. The first-order valence-corrected chi connectivity index (χ1v) is 12.8. The summed E-state index contributed by atoms with van der Waals surface area (Å²) in [4.78, 5) is 69.1. The average Bonchev–Trinajstić information content (AvgIpc) is 3.38. The maximum atomic E-state index is 13.1. The van der Waals surface area contributed by atoms with Crippen molar-refractivity contribution in [1.29, 1.82) is 5.26 Å². The van der Waals surface area contributed by atoms with Gasteiger partial charge in [-0.05, 0) is 31.5 Å². The summed E-state index contributed by atoms with van der Waals surface area (Å²) >= 11 is 6.45. The van der Waals surface area contributed by atoms with E-state index in [9.17, 15) is 29.3 Å². The van der Waals surface area contributed by atoms with Crippen LogP contribution in [0, 0.1) is 21.4 Å². The van der Waals surface area contributed by atoms with Crippen LogP contribution in [0.25, 0.3) is 0 Å². The molecule has 1 aromatic carbocycles. The summed E-state index contributed by atoms with van der Waals surface area (Å²) in [5.41, 5.74) is -1.81. The number of nitro benzene ring substituents is 1. The third-order valence-electron chi connectivity index (χ3n) is 5.31. The second kappa shape index (κ2) is 13.0. The number of hydrogen-bond acceptors (Lipinski definition) is 12. The van der Waals surface area contributed by atoms with E-state index < -0.39 is 52.0 Å². The molecular weight excluding hydrogens is 570 g/mol. The molecule has 1 aliphatic heterocycles. The van der Waals surface area contributed by atoms with E-state index in [-0.39, 0.29) is 35.4 Å². The lowest BCUT2D eigenvalue weighted by atomic mass is 9.96. The van der Waals surface area contributed by atoms with Crippen LogP contribution in [0.4, 0.5) is 10.8 Å². The standard InChI is InChI=1S/C23H22ClN7O8S/c1-23(2,21(35)38-10-12-3-5-13(6-4-12)31(36)37)39-30-18(15-11-40-22(27-15)28-16(32)9-24)20(34)29-17-14(7-8-25)26-19(17)33/h3-6,11,14,17H,7,9-10H2,1-2H3,(H,26,33)(H,29,34)(H,27,28,32). The number of aromatic nitrogens is 1. The van der Waals surface area contributed by atoms with Crippen LogP contribution in [0.15, 0.2) is 34.8 Å². The van der Waals surface area contributed by atoms with E-state index in [2.05, 4.69) is 26.1 Å². The molecule has 1 aliphatic rings. The molecular formula is C23H22ClN7O8S. The van der Waals surface area contributed by atoms with Crippen molar-refractivity contribution in [2.75, 3.05) is 11.2 Å². The van der Waals surface area contributed by atoms with Crippen LogP contribution in [0.5, 0.6) is 0 Å². The first-order valence-electron chi connectivity index (χ1n) is 11.4. The number of rotatable bonds is 12. The van der Waals surface area contributed by atoms with Gasteiger partial charge in [0.1, 0.15) is 24.2 Å². The summed E-state index contributed by atoms with van der Waals surface area (Å²) in [6, 6.07) is 5.68. The molecule has 0 radical (unpaired) electrons. The SMILES string of the molecule is CC(C)(ON=C(C(=O)NC1C(=O)NC1CC#N)c1csc(NC(=O)CCl)n1)C(=O)OCc1ccc([N+](=O)[O-])cc1. The van der Waals surface area contributed by atoms with Crippen molar-refractivity contribution in [3.05, 3.63) is 51.0 Å². The van der Waals surface area contributed by atoms with E-state index in [1.54, 1.807) is 0 Å². The zero-order chi connectivity index (χ0) is 29.4. The number of carbonyl (C=O) groups excluding carboxylic acids is 4. The first kappa shape index (κ1) is 29.9. The Morgan fingerprint density at radius 3 is 2.62 bits per heavy atom. The Labute approximate surface area is 235 Å². The highest BCUT2D eigenvalue weighted by Crippen LogP contribution is 2.20. The van der Waals surface area contributed by atoms with Gasteiger partial charge in [-0.2, -0.15) is 5.26 Å². The zero-order valence-electron chi connectivity index (χ0n) is 21.0. The molecule has 210 valence electrons. The van der Waals surface area contributed by atoms with Crippen LogP contribution in [-0.4, -0.2) is 62.9 Å². The number of amides is 3. The normalized spacial score (nSPS) is 16.6. The van der Waals surface area contributed by atoms with Crippen molar-refractivity contribution in [2.45, 2.75) is 44.6 Å². The molecule has 40 heavy (non-hydrogen) atoms. The lowest BCUT2D eigenvalue weighted by molar-refractivity contribution is -0.384. The molecule has 0 saturated carbocycles. The molecule has 2 heterocycles. The summed E-state index contributed by atoms with van der Waals surface area (Å²) in [6.45, 7) is 2.45. The van der Waals surface area contributed by atoms with Gasteiger partial charge in [0, 0.05) is 17.5 Å². The first-order chi connectivity index (χ1) is 18.9. The second-order valence-electron chi connectivity index (χ2n) is 8.69. The second-order valence-corrected chi connectivity index (χ2v) is 9.81. The van der Waals surface area contributed by atoms with E-state index in [0.717, 1.165) is 11.3 Å². The number of ether oxygens (including phenoxy) is 1. The predicted molar refractivity (Wildman–Crippen MR) is 140 cm³/mol. The molecule has 1 aromatic heterocycles. The average molecular weight is 592 g/mol. The number of alkyl halides is 1. The molecule has 3 N–H and O–H groups in total. The number of anilines is 1. The molecule has 17 heteroatoms. The van der Waals surface area contributed by atoms with Crippen molar-refractivity contribution in [1.82, 2.24) is 15.6 Å². The van der Waals surface area contributed by atoms with Crippen LogP contribution in [-0.2, 0) is 35.4 Å². The van der Waals surface area contributed by atoms with E-state index in [1.165, 1.54) is 43.5 Å². The van der Waals surface area contributed by atoms with E-state index in [1.807, 2.05) is 6.07 Å². The highest BCUT2D eigenvalue weighted by atomic mass is 35.5. The number of non-ortho nitro benzene ring substituents is 1. The number of hydrogen-bond donors (Lipinski definition) is 3. The number of nitro groups is 1. The number of thiazole rings is 1. The van der Waals surface area contributed by atoms with Crippen molar-refractivity contribution in [2.24, 2.45) is 5.16 Å². The number of nitriles is 1. The summed E-state index contributed by atoms with van der Waals surface area (Å²) < 4.78 is 5.24. The Morgan fingerprint density at radius 1 is 1.32 bits per heavy atom. The smallest absolute Gasteiger partial charge is 0.353 e. The van der Waals surface area contributed by atoms with Gasteiger partial charge in [-0.1, -0.05) is 5.16 Å². The predicted octanol–water partition coefficient (Wildman–Crippen LogP) is 1.37. The van der Waals surface area contributed by atoms with Gasteiger partial charge in [-0.15, -0.1) is 22.9 Å². The Morgan fingerprint density at radius 2 is 2.02 bits per heavy atom. The maximum Gasteiger partial charge on any atom is 0.353 e. The molecule has 2 unspecified atom stereocenters. The molecule has 0 spiro atoms. The third kappa shape index (κ3) is 7.48. The molecule has 2 atom stereocenters. The topological polar surface area (TPSA) is 215 Å². The number of nitrogens with one attached hydrogen (secondary N) is 3.